The predicted octanol–water partition coefficient (Wildman–Crippen LogP) is 2.29. The van der Waals surface area contributed by atoms with Gasteiger partial charge in [0.2, 0.25) is 5.91 Å². The Bertz CT molecular complexity index is 542. The Hall–Kier alpha value is -1.47. The van der Waals surface area contributed by atoms with Crippen LogP contribution in [0.5, 0.6) is 0 Å². The van der Waals surface area contributed by atoms with Crippen molar-refractivity contribution in [3.8, 4) is 0 Å². The highest BCUT2D eigenvalue weighted by Gasteiger charge is 2.20. The first-order valence-corrected chi connectivity index (χ1v) is 7.73. The van der Waals surface area contributed by atoms with E-state index >= 15 is 0 Å². The van der Waals surface area contributed by atoms with Crippen LogP contribution in [0.4, 0.5) is 5.69 Å². The lowest BCUT2D eigenvalue weighted by molar-refractivity contribution is -0.384. The Morgan fingerprint density at radius 2 is 2.05 bits per heavy atom. The first-order valence-electron chi connectivity index (χ1n) is 6.93. The van der Waals surface area contributed by atoms with Crippen LogP contribution in [0.2, 0.25) is 0 Å². The summed E-state index contributed by atoms with van der Waals surface area (Å²) in [5, 5.41) is 13.7. The van der Waals surface area contributed by atoms with Gasteiger partial charge in [-0.15, -0.1) is 0 Å². The van der Waals surface area contributed by atoms with Crippen molar-refractivity contribution >= 4 is 27.5 Å². The number of nitro groups is 1. The molecule has 1 aromatic rings. The Balaban J connectivity index is 1.92. The normalized spacial score (nSPS) is 21.8. The Morgan fingerprint density at radius 1 is 1.38 bits per heavy atom. The number of non-ortho nitro benzene ring substituents is 1. The van der Waals surface area contributed by atoms with Crippen molar-refractivity contribution in [3.05, 3.63) is 38.3 Å². The molecule has 6 nitrogen and oxygen atoms in total. The number of hydrogen-bond donors (Lipinski definition) is 2. The van der Waals surface area contributed by atoms with E-state index in [1.807, 2.05) is 0 Å². The fourth-order valence-electron chi connectivity index (χ4n) is 2.51. The summed E-state index contributed by atoms with van der Waals surface area (Å²) in [5.41, 5.74) is 6.58. The van der Waals surface area contributed by atoms with Crippen molar-refractivity contribution in [2.75, 3.05) is 0 Å². The molecule has 21 heavy (non-hydrogen) atoms. The van der Waals surface area contributed by atoms with Crippen LogP contribution in [0.3, 0.4) is 0 Å². The summed E-state index contributed by atoms with van der Waals surface area (Å²) in [5.74, 6) is -0.0648. The Labute approximate surface area is 131 Å². The minimum absolute atomic E-state index is 0.00676. The van der Waals surface area contributed by atoms with Gasteiger partial charge in [0.15, 0.2) is 0 Å². The summed E-state index contributed by atoms with van der Waals surface area (Å²) in [4.78, 5) is 22.2. The van der Waals surface area contributed by atoms with Gasteiger partial charge in [0, 0.05) is 28.7 Å². The van der Waals surface area contributed by atoms with Gasteiger partial charge in [-0.05, 0) is 31.2 Å². The third-order valence-corrected chi connectivity index (χ3v) is 4.47. The summed E-state index contributed by atoms with van der Waals surface area (Å²) in [6, 6.07) is 4.88. The zero-order chi connectivity index (χ0) is 15.4. The van der Waals surface area contributed by atoms with Crippen molar-refractivity contribution < 1.29 is 9.72 Å². The standard InChI is InChI=1S/C14H18BrN3O3/c15-13-8-12(18(20)21)6-1-9(13)7-14(19)17-11-4-2-10(16)3-5-11/h1,6,8,10-11H,2-5,7,16H2,(H,17,19). The second kappa shape index (κ2) is 7.00. The number of nitrogens with one attached hydrogen (secondary N) is 1. The van der Waals surface area contributed by atoms with E-state index < -0.39 is 4.92 Å². The molecule has 1 aliphatic carbocycles. The quantitative estimate of drug-likeness (QED) is 0.639. The number of nitrogens with zero attached hydrogens (tertiary/aromatic N) is 1. The van der Waals surface area contributed by atoms with Crippen molar-refractivity contribution in [2.45, 2.75) is 44.2 Å². The van der Waals surface area contributed by atoms with Gasteiger partial charge in [-0.2, -0.15) is 0 Å². The number of carbonyl (C=O) groups is 1. The molecule has 1 fully saturated rings. The van der Waals surface area contributed by atoms with Gasteiger partial charge < -0.3 is 11.1 Å². The van der Waals surface area contributed by atoms with Crippen LogP contribution in [-0.2, 0) is 11.2 Å². The molecule has 7 heteroatoms. The summed E-state index contributed by atoms with van der Waals surface area (Å²) in [7, 11) is 0. The van der Waals surface area contributed by atoms with Crippen molar-refractivity contribution in [3.63, 3.8) is 0 Å². The summed E-state index contributed by atoms with van der Waals surface area (Å²) >= 11 is 3.28. The maximum atomic E-state index is 12.0. The molecular formula is C14H18BrN3O3. The second-order valence-corrected chi connectivity index (χ2v) is 6.24. The van der Waals surface area contributed by atoms with Gasteiger partial charge >= 0.3 is 0 Å². The van der Waals surface area contributed by atoms with E-state index in [1.165, 1.54) is 12.1 Å². The molecule has 0 unspecified atom stereocenters. The van der Waals surface area contributed by atoms with Crippen LogP contribution in [0.1, 0.15) is 31.2 Å². The number of amides is 1. The average Bonchev–Trinajstić information content (AvgIpc) is 2.43. The number of halogens is 1. The molecule has 114 valence electrons. The van der Waals surface area contributed by atoms with E-state index in [-0.39, 0.29) is 30.1 Å². The molecule has 0 bridgehead atoms. The Morgan fingerprint density at radius 3 is 2.62 bits per heavy atom. The third kappa shape index (κ3) is 4.50. The lowest BCUT2D eigenvalue weighted by Gasteiger charge is -2.26. The van der Waals surface area contributed by atoms with Crippen LogP contribution in [0.25, 0.3) is 0 Å². The predicted molar refractivity (Wildman–Crippen MR) is 82.9 cm³/mol. The highest BCUT2D eigenvalue weighted by atomic mass is 79.9. The number of nitro benzene ring substituents is 1. The van der Waals surface area contributed by atoms with Crippen molar-refractivity contribution in [2.24, 2.45) is 5.73 Å². The van der Waals surface area contributed by atoms with Gasteiger partial charge in [0.25, 0.3) is 5.69 Å². The first-order chi connectivity index (χ1) is 9.95. The number of nitrogens with two attached hydrogens (primary N) is 1. The number of carbonyl (C=O) groups excluding carboxylic acids is 1. The van der Waals surface area contributed by atoms with E-state index in [2.05, 4.69) is 21.2 Å². The molecule has 0 spiro atoms. The Kier molecular flexibility index (Phi) is 5.30. The van der Waals surface area contributed by atoms with Crippen LogP contribution in [-0.4, -0.2) is 22.9 Å². The lowest BCUT2D eigenvalue weighted by Crippen LogP contribution is -2.41. The van der Waals surface area contributed by atoms with Crippen molar-refractivity contribution in [1.29, 1.82) is 0 Å². The number of rotatable bonds is 4. The molecule has 0 atom stereocenters. The maximum absolute atomic E-state index is 12.0. The topological polar surface area (TPSA) is 98.3 Å². The molecule has 0 heterocycles. The molecule has 1 amide bonds. The highest BCUT2D eigenvalue weighted by molar-refractivity contribution is 9.10. The second-order valence-electron chi connectivity index (χ2n) is 5.39. The number of benzene rings is 1. The fraction of sp³-hybridized carbons (Fsp3) is 0.500. The SMILES string of the molecule is NC1CCC(NC(=O)Cc2ccc([N+](=O)[O-])cc2Br)CC1. The molecule has 0 saturated heterocycles. The van der Waals surface area contributed by atoms with Crippen molar-refractivity contribution in [1.82, 2.24) is 5.32 Å². The summed E-state index contributed by atoms with van der Waals surface area (Å²) in [6.45, 7) is 0. The molecule has 1 saturated carbocycles. The average molecular weight is 356 g/mol. The molecule has 0 radical (unpaired) electrons. The van der Waals surface area contributed by atoms with Gasteiger partial charge in [-0.1, -0.05) is 22.0 Å². The van der Waals surface area contributed by atoms with Gasteiger partial charge in [-0.25, -0.2) is 0 Å². The highest BCUT2D eigenvalue weighted by Crippen LogP contribution is 2.23. The molecule has 3 N–H and O–H groups in total. The van der Waals surface area contributed by atoms with Crippen LogP contribution < -0.4 is 11.1 Å². The van der Waals surface area contributed by atoms with E-state index in [9.17, 15) is 14.9 Å². The largest absolute Gasteiger partial charge is 0.353 e. The molecular weight excluding hydrogens is 338 g/mol. The third-order valence-electron chi connectivity index (χ3n) is 3.74. The van der Waals surface area contributed by atoms with E-state index in [0.717, 1.165) is 31.2 Å². The molecule has 1 aromatic carbocycles. The van der Waals surface area contributed by atoms with Gasteiger partial charge in [0.05, 0.1) is 11.3 Å². The monoisotopic (exact) mass is 355 g/mol. The van der Waals surface area contributed by atoms with Crippen LogP contribution in [0.15, 0.2) is 22.7 Å². The van der Waals surface area contributed by atoms with Gasteiger partial charge in [0.1, 0.15) is 0 Å². The van der Waals surface area contributed by atoms with E-state index in [4.69, 9.17) is 5.73 Å². The minimum atomic E-state index is -0.458. The van der Waals surface area contributed by atoms with Crippen LogP contribution in [0, 0.1) is 10.1 Å². The van der Waals surface area contributed by atoms with E-state index in [0.29, 0.717) is 4.47 Å². The first kappa shape index (κ1) is 15.9. The maximum Gasteiger partial charge on any atom is 0.270 e. The molecule has 0 aromatic heterocycles. The number of hydrogen-bond acceptors (Lipinski definition) is 4. The molecule has 2 rings (SSSR count). The zero-order valence-corrected chi connectivity index (χ0v) is 13.1. The minimum Gasteiger partial charge on any atom is -0.353 e. The fourth-order valence-corrected chi connectivity index (χ4v) is 3.02. The lowest BCUT2D eigenvalue weighted by atomic mass is 9.91. The smallest absolute Gasteiger partial charge is 0.270 e. The van der Waals surface area contributed by atoms with Crippen LogP contribution >= 0.6 is 15.9 Å². The zero-order valence-electron chi connectivity index (χ0n) is 11.5. The summed E-state index contributed by atoms with van der Waals surface area (Å²) < 4.78 is 0.581. The molecule has 0 aliphatic heterocycles. The van der Waals surface area contributed by atoms with E-state index in [1.54, 1.807) is 6.07 Å². The molecule has 1 aliphatic rings. The van der Waals surface area contributed by atoms with Gasteiger partial charge in [-0.3, -0.25) is 14.9 Å². The summed E-state index contributed by atoms with van der Waals surface area (Å²) in [6.07, 6.45) is 3.90.